The lowest BCUT2D eigenvalue weighted by molar-refractivity contribution is 0.100. The van der Waals surface area contributed by atoms with Crippen LogP contribution in [-0.2, 0) is 6.42 Å². The van der Waals surface area contributed by atoms with E-state index in [0.717, 1.165) is 44.0 Å². The Morgan fingerprint density at radius 1 is 1.09 bits per heavy atom. The van der Waals surface area contributed by atoms with E-state index >= 15 is 0 Å². The van der Waals surface area contributed by atoms with Crippen LogP contribution >= 0.6 is 0 Å². The summed E-state index contributed by atoms with van der Waals surface area (Å²) < 4.78 is 0. The molecule has 0 bridgehead atoms. The summed E-state index contributed by atoms with van der Waals surface area (Å²) in [4.78, 5) is 13.5. The number of nitrogen functional groups attached to an aromatic ring is 1. The van der Waals surface area contributed by atoms with Crippen LogP contribution in [0.5, 0.6) is 0 Å². The summed E-state index contributed by atoms with van der Waals surface area (Å²) in [6.07, 6.45) is 3.46. The summed E-state index contributed by atoms with van der Waals surface area (Å²) in [7, 11) is 0. The molecule has 0 unspecified atom stereocenters. The van der Waals surface area contributed by atoms with Crippen molar-refractivity contribution >= 4 is 17.3 Å². The van der Waals surface area contributed by atoms with Crippen LogP contribution in [0.1, 0.15) is 28.8 Å². The lowest BCUT2D eigenvalue weighted by Gasteiger charge is -2.34. The highest BCUT2D eigenvalue weighted by molar-refractivity contribution is 5.94. The molecule has 0 aromatic heterocycles. The predicted octanol–water partition coefficient (Wildman–Crippen LogP) is 2.83. The number of carbonyl (C=O) groups is 1. The third-order valence-corrected chi connectivity index (χ3v) is 4.63. The van der Waals surface area contributed by atoms with Crippen molar-refractivity contribution in [2.75, 3.05) is 23.7 Å². The second kappa shape index (κ2) is 6.73. The zero-order valence-electron chi connectivity index (χ0n) is 13.2. The Hall–Kier alpha value is -2.49. The van der Waals surface area contributed by atoms with E-state index in [1.54, 1.807) is 12.1 Å². The molecule has 0 atom stereocenters. The molecular formula is C19H23N3O. The number of piperidine rings is 1. The topological polar surface area (TPSA) is 72.4 Å². The number of primary amides is 1. The first-order valence-electron chi connectivity index (χ1n) is 8.11. The quantitative estimate of drug-likeness (QED) is 0.853. The fourth-order valence-electron chi connectivity index (χ4n) is 3.32. The van der Waals surface area contributed by atoms with E-state index in [2.05, 4.69) is 35.2 Å². The van der Waals surface area contributed by atoms with Crippen molar-refractivity contribution in [2.24, 2.45) is 11.7 Å². The Kier molecular flexibility index (Phi) is 4.51. The van der Waals surface area contributed by atoms with Crippen molar-refractivity contribution < 1.29 is 4.79 Å². The van der Waals surface area contributed by atoms with Gasteiger partial charge in [0.1, 0.15) is 0 Å². The Balaban J connectivity index is 1.62. The third-order valence-electron chi connectivity index (χ3n) is 4.63. The second-order valence-corrected chi connectivity index (χ2v) is 6.26. The number of anilines is 2. The predicted molar refractivity (Wildman–Crippen MR) is 94.5 cm³/mol. The molecule has 1 aliphatic rings. The minimum absolute atomic E-state index is 0.440. The largest absolute Gasteiger partial charge is 0.397 e. The van der Waals surface area contributed by atoms with Crippen LogP contribution in [0.4, 0.5) is 11.4 Å². The van der Waals surface area contributed by atoms with E-state index < -0.39 is 5.91 Å². The molecule has 4 N–H and O–H groups in total. The first-order chi connectivity index (χ1) is 11.1. The molecule has 120 valence electrons. The van der Waals surface area contributed by atoms with Gasteiger partial charge in [-0.1, -0.05) is 30.3 Å². The SMILES string of the molecule is NC(=O)c1ccc(N2CCC(Cc3ccccc3)CC2)c(N)c1. The minimum atomic E-state index is -0.440. The van der Waals surface area contributed by atoms with Gasteiger partial charge in [0, 0.05) is 18.7 Å². The highest BCUT2D eigenvalue weighted by Crippen LogP contribution is 2.30. The summed E-state index contributed by atoms with van der Waals surface area (Å²) in [5.74, 6) is 0.282. The molecule has 0 saturated carbocycles. The van der Waals surface area contributed by atoms with Crippen LogP contribution < -0.4 is 16.4 Å². The van der Waals surface area contributed by atoms with Crippen LogP contribution in [0.3, 0.4) is 0 Å². The highest BCUT2D eigenvalue weighted by atomic mass is 16.1. The van der Waals surface area contributed by atoms with Crippen LogP contribution in [0.15, 0.2) is 48.5 Å². The normalized spacial score (nSPS) is 15.6. The molecule has 2 aromatic rings. The number of nitrogens with zero attached hydrogens (tertiary/aromatic N) is 1. The molecule has 4 heteroatoms. The van der Waals surface area contributed by atoms with Crippen LogP contribution in [0, 0.1) is 5.92 Å². The molecule has 1 fully saturated rings. The van der Waals surface area contributed by atoms with Gasteiger partial charge in [0.15, 0.2) is 0 Å². The smallest absolute Gasteiger partial charge is 0.248 e. The molecule has 1 aliphatic heterocycles. The maximum absolute atomic E-state index is 11.2. The van der Waals surface area contributed by atoms with Gasteiger partial charge in [0.2, 0.25) is 5.91 Å². The van der Waals surface area contributed by atoms with E-state index in [-0.39, 0.29) is 0 Å². The Morgan fingerprint density at radius 3 is 2.39 bits per heavy atom. The molecule has 4 nitrogen and oxygen atoms in total. The monoisotopic (exact) mass is 309 g/mol. The molecule has 0 aliphatic carbocycles. The standard InChI is InChI=1S/C19H23N3O/c20-17-13-16(19(21)23)6-7-18(17)22-10-8-15(9-11-22)12-14-4-2-1-3-5-14/h1-7,13,15H,8-12,20H2,(H2,21,23). The van der Waals surface area contributed by atoms with Crippen molar-refractivity contribution in [2.45, 2.75) is 19.3 Å². The van der Waals surface area contributed by atoms with Crippen molar-refractivity contribution in [3.05, 3.63) is 59.7 Å². The number of rotatable bonds is 4. The molecule has 2 aromatic carbocycles. The zero-order chi connectivity index (χ0) is 16.2. The number of nitrogens with two attached hydrogens (primary N) is 2. The van der Waals surface area contributed by atoms with Crippen LogP contribution in [0.25, 0.3) is 0 Å². The second-order valence-electron chi connectivity index (χ2n) is 6.26. The zero-order valence-corrected chi connectivity index (χ0v) is 13.2. The molecule has 0 spiro atoms. The van der Waals surface area contributed by atoms with Gasteiger partial charge in [-0.3, -0.25) is 4.79 Å². The molecule has 3 rings (SSSR count). The number of hydrogen-bond donors (Lipinski definition) is 2. The Labute approximate surface area is 137 Å². The summed E-state index contributed by atoms with van der Waals surface area (Å²) in [6.45, 7) is 2.00. The van der Waals surface area contributed by atoms with Gasteiger partial charge in [-0.05, 0) is 48.9 Å². The molecule has 23 heavy (non-hydrogen) atoms. The molecule has 1 saturated heterocycles. The molecular weight excluding hydrogens is 286 g/mol. The molecule has 1 amide bonds. The van der Waals surface area contributed by atoms with Gasteiger partial charge in [0.05, 0.1) is 11.4 Å². The van der Waals surface area contributed by atoms with E-state index in [4.69, 9.17) is 11.5 Å². The maximum atomic E-state index is 11.2. The minimum Gasteiger partial charge on any atom is -0.397 e. The van der Waals surface area contributed by atoms with Crippen molar-refractivity contribution in [1.82, 2.24) is 0 Å². The summed E-state index contributed by atoms with van der Waals surface area (Å²) >= 11 is 0. The van der Waals surface area contributed by atoms with E-state index in [9.17, 15) is 4.79 Å². The lowest BCUT2D eigenvalue weighted by atomic mass is 9.90. The fraction of sp³-hybridized carbons (Fsp3) is 0.316. The van der Waals surface area contributed by atoms with Crippen molar-refractivity contribution in [3.8, 4) is 0 Å². The van der Waals surface area contributed by atoms with Crippen LogP contribution in [0.2, 0.25) is 0 Å². The Bertz CT molecular complexity index is 676. The number of hydrogen-bond acceptors (Lipinski definition) is 3. The van der Waals surface area contributed by atoms with Crippen molar-refractivity contribution in [1.29, 1.82) is 0 Å². The van der Waals surface area contributed by atoms with Crippen molar-refractivity contribution in [3.63, 3.8) is 0 Å². The number of benzene rings is 2. The number of amides is 1. The molecule has 0 radical (unpaired) electrons. The van der Waals surface area contributed by atoms with Gasteiger partial charge in [-0.2, -0.15) is 0 Å². The van der Waals surface area contributed by atoms with Gasteiger partial charge < -0.3 is 16.4 Å². The first kappa shape index (κ1) is 15.4. The van der Waals surface area contributed by atoms with Gasteiger partial charge >= 0.3 is 0 Å². The molecule has 1 heterocycles. The van der Waals surface area contributed by atoms with E-state index in [0.29, 0.717) is 11.3 Å². The maximum Gasteiger partial charge on any atom is 0.248 e. The third kappa shape index (κ3) is 3.65. The fourth-order valence-corrected chi connectivity index (χ4v) is 3.32. The van der Waals surface area contributed by atoms with Crippen LogP contribution in [-0.4, -0.2) is 19.0 Å². The highest BCUT2D eigenvalue weighted by Gasteiger charge is 2.21. The average Bonchev–Trinajstić information content (AvgIpc) is 2.56. The summed E-state index contributed by atoms with van der Waals surface area (Å²) in [5.41, 5.74) is 14.9. The van der Waals surface area contributed by atoms with Gasteiger partial charge in [-0.15, -0.1) is 0 Å². The summed E-state index contributed by atoms with van der Waals surface area (Å²) in [5, 5.41) is 0. The summed E-state index contributed by atoms with van der Waals surface area (Å²) in [6, 6.07) is 16.0. The van der Waals surface area contributed by atoms with Gasteiger partial charge in [-0.25, -0.2) is 0 Å². The van der Waals surface area contributed by atoms with E-state index in [1.165, 1.54) is 5.56 Å². The lowest BCUT2D eigenvalue weighted by Crippen LogP contribution is -2.34. The number of carbonyl (C=O) groups excluding carboxylic acids is 1. The Morgan fingerprint density at radius 2 is 1.78 bits per heavy atom. The average molecular weight is 309 g/mol. The van der Waals surface area contributed by atoms with Gasteiger partial charge in [0.25, 0.3) is 0 Å². The first-order valence-corrected chi connectivity index (χ1v) is 8.11. The van der Waals surface area contributed by atoms with E-state index in [1.807, 2.05) is 6.07 Å².